The van der Waals surface area contributed by atoms with Crippen LogP contribution >= 0.6 is 0 Å². The summed E-state index contributed by atoms with van der Waals surface area (Å²) >= 11 is 0. The Hall–Kier alpha value is -1.31. The second-order valence-electron chi connectivity index (χ2n) is 6.40. The Morgan fingerprint density at radius 3 is 2.43 bits per heavy atom. The van der Waals surface area contributed by atoms with Crippen molar-refractivity contribution < 1.29 is 27.9 Å². The minimum Gasteiger partial charge on any atom is -0.481 e. The molecule has 0 unspecified atom stereocenters. The summed E-state index contributed by atoms with van der Waals surface area (Å²) in [6.45, 7) is 5.28. The molecule has 1 aliphatic rings. The Bertz CT molecular complexity index is 493. The van der Waals surface area contributed by atoms with E-state index in [9.17, 15) is 18.0 Å². The summed E-state index contributed by atoms with van der Waals surface area (Å²) in [5.41, 5.74) is -0.636. The molecule has 1 aliphatic heterocycles. The van der Waals surface area contributed by atoms with E-state index < -0.39 is 33.4 Å². The van der Waals surface area contributed by atoms with Gasteiger partial charge < -0.3 is 15.2 Å². The molecular weight excluding hydrogens is 298 g/mol. The van der Waals surface area contributed by atoms with Crippen molar-refractivity contribution >= 4 is 21.9 Å². The molecular formula is C13H23NO6S. The molecule has 0 saturated carbocycles. The fourth-order valence-electron chi connectivity index (χ4n) is 2.36. The molecule has 0 aliphatic carbocycles. The molecule has 1 heterocycles. The molecule has 1 saturated heterocycles. The van der Waals surface area contributed by atoms with Gasteiger partial charge in [-0.25, -0.2) is 13.2 Å². The number of aliphatic carboxylic acids is 1. The van der Waals surface area contributed by atoms with Crippen molar-refractivity contribution in [3.8, 4) is 0 Å². The first-order chi connectivity index (χ1) is 9.48. The maximum Gasteiger partial charge on any atom is 0.407 e. The molecule has 0 aromatic carbocycles. The number of alkyl carbamates (subject to hydrolysis) is 1. The van der Waals surface area contributed by atoms with Crippen molar-refractivity contribution in [1.29, 1.82) is 0 Å². The van der Waals surface area contributed by atoms with Gasteiger partial charge in [0, 0.05) is 13.0 Å². The Kier molecular flexibility index (Phi) is 5.61. The summed E-state index contributed by atoms with van der Waals surface area (Å²) in [6.07, 6.45) is -0.398. The first-order valence-electron chi connectivity index (χ1n) is 6.87. The van der Waals surface area contributed by atoms with E-state index in [-0.39, 0.29) is 30.4 Å². The Balaban J connectivity index is 2.62. The highest BCUT2D eigenvalue weighted by molar-refractivity contribution is 7.91. The lowest BCUT2D eigenvalue weighted by atomic mass is 9.88. The number of sulfone groups is 1. The third-order valence-electron chi connectivity index (χ3n) is 3.28. The van der Waals surface area contributed by atoms with Gasteiger partial charge in [0.25, 0.3) is 0 Å². The monoisotopic (exact) mass is 321 g/mol. The van der Waals surface area contributed by atoms with Gasteiger partial charge in [-0.15, -0.1) is 0 Å². The second-order valence-corrected chi connectivity index (χ2v) is 8.63. The van der Waals surface area contributed by atoms with Gasteiger partial charge in [0.1, 0.15) is 5.60 Å². The van der Waals surface area contributed by atoms with E-state index in [1.54, 1.807) is 20.8 Å². The molecule has 1 rings (SSSR count). The summed E-state index contributed by atoms with van der Waals surface area (Å²) in [4.78, 5) is 22.4. The number of ether oxygens (including phenoxy) is 1. The molecule has 0 radical (unpaired) electrons. The Morgan fingerprint density at radius 1 is 1.29 bits per heavy atom. The van der Waals surface area contributed by atoms with Crippen molar-refractivity contribution in [3.63, 3.8) is 0 Å². The molecule has 122 valence electrons. The topological polar surface area (TPSA) is 110 Å². The normalized spacial score (nSPS) is 25.1. The van der Waals surface area contributed by atoms with Crippen molar-refractivity contribution in [2.45, 2.75) is 39.2 Å². The van der Waals surface area contributed by atoms with Gasteiger partial charge in [0.2, 0.25) is 0 Å². The molecule has 1 amide bonds. The van der Waals surface area contributed by atoms with E-state index in [1.807, 2.05) is 0 Å². The lowest BCUT2D eigenvalue weighted by molar-refractivity contribution is -0.138. The Morgan fingerprint density at radius 2 is 1.90 bits per heavy atom. The smallest absolute Gasteiger partial charge is 0.407 e. The minimum atomic E-state index is -3.17. The van der Waals surface area contributed by atoms with Crippen LogP contribution in [0.15, 0.2) is 0 Å². The average Bonchev–Trinajstić information content (AvgIpc) is 2.26. The van der Waals surface area contributed by atoms with Crippen molar-refractivity contribution in [2.75, 3.05) is 18.1 Å². The van der Waals surface area contributed by atoms with Gasteiger partial charge in [0.05, 0.1) is 11.5 Å². The quantitative estimate of drug-likeness (QED) is 0.800. The number of carboxylic acid groups (broad SMARTS) is 1. The number of hydrogen-bond donors (Lipinski definition) is 2. The molecule has 8 heteroatoms. The van der Waals surface area contributed by atoms with Crippen LogP contribution < -0.4 is 5.32 Å². The second kappa shape index (κ2) is 6.64. The molecule has 0 bridgehead atoms. The van der Waals surface area contributed by atoms with Crippen LogP contribution in [0.5, 0.6) is 0 Å². The summed E-state index contributed by atoms with van der Waals surface area (Å²) < 4.78 is 28.4. The van der Waals surface area contributed by atoms with Crippen molar-refractivity contribution in [2.24, 2.45) is 11.8 Å². The lowest BCUT2D eigenvalue weighted by Crippen LogP contribution is -2.42. The lowest BCUT2D eigenvalue weighted by Gasteiger charge is -2.30. The van der Waals surface area contributed by atoms with Crippen LogP contribution in [0.25, 0.3) is 0 Å². The molecule has 1 fully saturated rings. The molecule has 0 aromatic heterocycles. The first kappa shape index (κ1) is 17.7. The van der Waals surface area contributed by atoms with E-state index >= 15 is 0 Å². The fraction of sp³-hybridized carbons (Fsp3) is 0.846. The van der Waals surface area contributed by atoms with Crippen LogP contribution in [-0.4, -0.2) is 49.2 Å². The maximum absolute atomic E-state index is 11.7. The van der Waals surface area contributed by atoms with Crippen LogP contribution in [0.3, 0.4) is 0 Å². The van der Waals surface area contributed by atoms with E-state index in [0.717, 1.165) is 0 Å². The minimum absolute atomic E-state index is 0.00782. The van der Waals surface area contributed by atoms with E-state index in [1.165, 1.54) is 0 Å². The van der Waals surface area contributed by atoms with E-state index in [2.05, 4.69) is 5.32 Å². The first-order valence-corrected chi connectivity index (χ1v) is 8.70. The molecule has 2 N–H and O–H groups in total. The predicted molar refractivity (Wildman–Crippen MR) is 76.7 cm³/mol. The van der Waals surface area contributed by atoms with Gasteiger partial charge in [-0.2, -0.15) is 0 Å². The highest BCUT2D eigenvalue weighted by atomic mass is 32.2. The summed E-state index contributed by atoms with van der Waals surface area (Å²) in [6, 6.07) is 0. The Labute approximate surface area is 125 Å². The van der Waals surface area contributed by atoms with Crippen LogP contribution in [0.1, 0.15) is 33.6 Å². The number of hydrogen-bond acceptors (Lipinski definition) is 5. The fourth-order valence-corrected chi connectivity index (χ4v) is 4.23. The number of nitrogens with one attached hydrogen (secondary N) is 1. The zero-order valence-corrected chi connectivity index (χ0v) is 13.4. The molecule has 0 spiro atoms. The van der Waals surface area contributed by atoms with Crippen molar-refractivity contribution in [3.05, 3.63) is 0 Å². The average molecular weight is 321 g/mol. The third kappa shape index (κ3) is 6.79. The largest absolute Gasteiger partial charge is 0.481 e. The van der Waals surface area contributed by atoms with Crippen LogP contribution in [0.4, 0.5) is 4.79 Å². The highest BCUT2D eigenvalue weighted by Gasteiger charge is 2.34. The van der Waals surface area contributed by atoms with Crippen LogP contribution in [0, 0.1) is 11.8 Å². The molecule has 7 nitrogen and oxygen atoms in total. The van der Waals surface area contributed by atoms with Gasteiger partial charge >= 0.3 is 12.1 Å². The summed E-state index contributed by atoms with van der Waals surface area (Å²) in [5, 5.41) is 11.4. The standard InChI is InChI=1S/C13H23NO6S/c1-13(2,3)20-12(17)14-7-10-8-21(18,19)5-4-9(10)6-11(15)16/h9-10H,4-8H2,1-3H3,(H,14,17)(H,15,16)/t9-,10+/m0/s1. The molecule has 21 heavy (non-hydrogen) atoms. The van der Waals surface area contributed by atoms with Gasteiger partial charge in [0.15, 0.2) is 9.84 Å². The summed E-state index contributed by atoms with van der Waals surface area (Å²) in [5.74, 6) is -1.69. The van der Waals surface area contributed by atoms with Crippen molar-refractivity contribution in [1.82, 2.24) is 5.32 Å². The number of carbonyl (C=O) groups excluding carboxylic acids is 1. The van der Waals surface area contributed by atoms with Gasteiger partial charge in [-0.05, 0) is 39.0 Å². The number of carboxylic acids is 1. The number of amides is 1. The zero-order chi connectivity index (χ0) is 16.3. The highest BCUT2D eigenvalue weighted by Crippen LogP contribution is 2.27. The van der Waals surface area contributed by atoms with Crippen LogP contribution in [-0.2, 0) is 19.4 Å². The van der Waals surface area contributed by atoms with Gasteiger partial charge in [-0.1, -0.05) is 0 Å². The van der Waals surface area contributed by atoms with E-state index in [0.29, 0.717) is 6.42 Å². The summed E-state index contributed by atoms with van der Waals surface area (Å²) in [7, 11) is -3.17. The van der Waals surface area contributed by atoms with Gasteiger partial charge in [-0.3, -0.25) is 4.79 Å². The zero-order valence-electron chi connectivity index (χ0n) is 12.6. The predicted octanol–water partition coefficient (Wildman–Crippen LogP) is 1.04. The molecule has 0 aromatic rings. The SMILES string of the molecule is CC(C)(C)OC(=O)NC[C@@H]1CS(=O)(=O)CC[C@H]1CC(=O)O. The van der Waals surface area contributed by atoms with Crippen LogP contribution in [0.2, 0.25) is 0 Å². The number of rotatable bonds is 4. The third-order valence-corrected chi connectivity index (χ3v) is 5.07. The maximum atomic E-state index is 11.7. The molecule has 2 atom stereocenters. The number of carbonyl (C=O) groups is 2. The van der Waals surface area contributed by atoms with E-state index in [4.69, 9.17) is 9.84 Å².